The number of anilines is 2. The lowest BCUT2D eigenvalue weighted by molar-refractivity contribution is -0.384. The number of amides is 1. The highest BCUT2D eigenvalue weighted by molar-refractivity contribution is 7.90. The Hall–Kier alpha value is -6.60. The van der Waals surface area contributed by atoms with Crippen LogP contribution in [-0.2, 0) is 23.0 Å². The summed E-state index contributed by atoms with van der Waals surface area (Å²) in [5.41, 5.74) is 5.53. The Kier molecular flexibility index (Phi) is 14.1. The number of nitrogens with one attached hydrogen (secondary N) is 3. The van der Waals surface area contributed by atoms with Gasteiger partial charge in [-0.3, -0.25) is 24.7 Å². The number of aromatic amines is 1. The predicted molar refractivity (Wildman–Crippen MR) is 289 cm³/mol. The second-order valence-electron chi connectivity index (χ2n) is 22.5. The van der Waals surface area contributed by atoms with Gasteiger partial charge in [-0.1, -0.05) is 50.2 Å². The van der Waals surface area contributed by atoms with Crippen LogP contribution >= 0.6 is 0 Å². The van der Waals surface area contributed by atoms with Crippen molar-refractivity contribution in [3.05, 3.63) is 141 Å². The number of aromatic nitrogens is 2. The lowest BCUT2D eigenvalue weighted by Gasteiger charge is -2.58. The minimum Gasteiger partial charge on any atom is -0.493 e. The number of H-pyrrole nitrogens is 1. The lowest BCUT2D eigenvalue weighted by atomic mass is 9.59. The number of ether oxygens (including phenoxy) is 2. The molecule has 2 saturated heterocycles. The number of hydrogen-bond donors (Lipinski definition) is 4. The quantitative estimate of drug-likeness (QED) is 0.0561. The molecule has 18 heteroatoms. The molecule has 6 aromatic rings. The van der Waals surface area contributed by atoms with E-state index in [9.17, 15) is 32.8 Å². The number of pyridine rings is 1. The number of carbonyl (C=O) groups excluding carboxylic acids is 1. The number of nitro benzene ring substituents is 1. The van der Waals surface area contributed by atoms with Gasteiger partial charge in [0.2, 0.25) is 0 Å². The fourth-order valence-corrected chi connectivity index (χ4v) is 13.5. The van der Waals surface area contributed by atoms with Crippen molar-refractivity contribution in [2.24, 2.45) is 11.3 Å². The molecule has 0 bridgehead atoms. The number of fused-ring (bicyclic) bond motifs is 2. The van der Waals surface area contributed by atoms with Gasteiger partial charge in [0.25, 0.3) is 21.6 Å². The van der Waals surface area contributed by atoms with Crippen LogP contribution in [0.2, 0.25) is 0 Å². The highest BCUT2D eigenvalue weighted by Crippen LogP contribution is 2.53. The molecule has 2 saturated carbocycles. The normalized spacial score (nSPS) is 22.1. The average Bonchev–Trinajstić information content (AvgIpc) is 4.03. The fraction of sp³-hybridized carbons (Fsp3) is 0.448. The summed E-state index contributed by atoms with van der Waals surface area (Å²) in [6, 6.07) is 26.3. The SMILES string of the molecule is CC(C)c1ccccc1[C@@H]1CN(Cc2ccc3c(c2)OCC3)CCN1C1CC2(CCN(c3ccc(C(=O)NS(=O)(=O)c4ccc(NC[C@H]5CC[C@](C)(O)CC5)c([N+](=O)[O-])c4)c(Oc4cnc5[nH]cc(F)c5c4)c3)CC2)C1. The summed E-state index contributed by atoms with van der Waals surface area (Å²) in [4.78, 5) is 40.0. The van der Waals surface area contributed by atoms with Crippen LogP contribution in [0, 0.1) is 27.3 Å². The molecule has 400 valence electrons. The summed E-state index contributed by atoms with van der Waals surface area (Å²) in [6.45, 7) is 12.9. The summed E-state index contributed by atoms with van der Waals surface area (Å²) < 4.78 is 56.8. The third-order valence-corrected chi connectivity index (χ3v) is 18.3. The van der Waals surface area contributed by atoms with Crippen molar-refractivity contribution in [2.45, 2.75) is 114 Å². The molecule has 1 amide bonds. The van der Waals surface area contributed by atoms with Crippen molar-refractivity contribution in [3.63, 3.8) is 0 Å². The number of piperidine rings is 1. The summed E-state index contributed by atoms with van der Waals surface area (Å²) in [5.74, 6) is 0.206. The Bertz CT molecular complexity index is 3270. The van der Waals surface area contributed by atoms with Gasteiger partial charge in [-0.15, -0.1) is 0 Å². The highest BCUT2D eigenvalue weighted by atomic mass is 32.2. The van der Waals surface area contributed by atoms with Gasteiger partial charge in [-0.05, 0) is 134 Å². The van der Waals surface area contributed by atoms with Crippen LogP contribution in [0.5, 0.6) is 17.2 Å². The molecule has 4 aromatic carbocycles. The Morgan fingerprint density at radius 2 is 1.79 bits per heavy atom. The number of halogens is 1. The Labute approximate surface area is 443 Å². The molecular formula is C58H67FN8O8S. The van der Waals surface area contributed by atoms with Gasteiger partial charge in [0.05, 0.1) is 39.2 Å². The van der Waals surface area contributed by atoms with Gasteiger partial charge in [0.1, 0.15) is 34.4 Å². The van der Waals surface area contributed by atoms with E-state index in [1.165, 1.54) is 58.9 Å². The Morgan fingerprint density at radius 3 is 2.57 bits per heavy atom. The minimum atomic E-state index is -4.64. The van der Waals surface area contributed by atoms with E-state index in [1.807, 2.05) is 0 Å². The van der Waals surface area contributed by atoms with Crippen LogP contribution in [0.15, 0.2) is 102 Å². The molecule has 76 heavy (non-hydrogen) atoms. The van der Waals surface area contributed by atoms with E-state index in [0.29, 0.717) is 37.0 Å². The van der Waals surface area contributed by atoms with Crippen LogP contribution < -0.4 is 24.4 Å². The number of nitrogens with zero attached hydrogens (tertiary/aromatic N) is 5. The molecule has 0 radical (unpaired) electrons. The average molecular weight is 1060 g/mol. The van der Waals surface area contributed by atoms with E-state index in [-0.39, 0.29) is 45.5 Å². The van der Waals surface area contributed by atoms with Crippen LogP contribution in [0.25, 0.3) is 11.0 Å². The van der Waals surface area contributed by atoms with E-state index in [4.69, 9.17) is 9.47 Å². The molecule has 5 aliphatic rings. The monoisotopic (exact) mass is 1050 g/mol. The number of carbonyl (C=O) groups is 1. The van der Waals surface area contributed by atoms with Crippen LogP contribution in [0.4, 0.5) is 21.5 Å². The first-order chi connectivity index (χ1) is 36.5. The molecular weight excluding hydrogens is 988 g/mol. The molecule has 11 rings (SSSR count). The number of aliphatic hydroxyl groups is 1. The van der Waals surface area contributed by atoms with E-state index < -0.39 is 42.9 Å². The molecule has 5 heterocycles. The van der Waals surface area contributed by atoms with E-state index in [1.54, 1.807) is 19.1 Å². The maximum absolute atomic E-state index is 14.7. The van der Waals surface area contributed by atoms with Gasteiger partial charge in [-0.2, -0.15) is 0 Å². The summed E-state index contributed by atoms with van der Waals surface area (Å²) in [5, 5.41) is 25.9. The van der Waals surface area contributed by atoms with Crippen LogP contribution in [0.1, 0.15) is 117 Å². The zero-order valence-corrected chi connectivity index (χ0v) is 44.2. The van der Waals surface area contributed by atoms with Crippen molar-refractivity contribution in [3.8, 4) is 17.2 Å². The first-order valence-electron chi connectivity index (χ1n) is 26.8. The number of rotatable bonds is 15. The fourth-order valence-electron chi connectivity index (χ4n) is 12.5. The van der Waals surface area contributed by atoms with E-state index >= 15 is 0 Å². The topological polar surface area (TPSA) is 195 Å². The minimum absolute atomic E-state index is 0.0254. The standard InChI is InChI=1S/C58H67FN8O8S/c1-37(2)45-6-4-5-7-46(45)52-36-64(35-39-8-9-40-16-25-74-53(40)26-39)23-24-66(52)42-30-58(31-42)19-21-65(22-20-58)41-10-12-47(54(27-41)75-43-28-48-49(59)34-62-55(48)61-33-43)56(68)63-76(72,73)44-11-13-50(51(29-44)67(70)71)60-32-38-14-17-57(3,69)18-15-38/h4-13,26-29,33-34,37-38,42,52,60,69H,14-25,30-32,35-36H2,1-3H3,(H,61,62)(H,63,68)/t38-,52-,57-/m0/s1. The smallest absolute Gasteiger partial charge is 0.293 e. The number of nitro groups is 1. The number of sulfonamides is 1. The van der Waals surface area contributed by atoms with Crippen molar-refractivity contribution >= 4 is 44.0 Å². The summed E-state index contributed by atoms with van der Waals surface area (Å²) in [6.07, 6.45) is 10.5. The first kappa shape index (κ1) is 51.5. The van der Waals surface area contributed by atoms with Gasteiger partial charge in [0.15, 0.2) is 0 Å². The van der Waals surface area contributed by atoms with Crippen molar-refractivity contribution < 1.29 is 37.1 Å². The molecule has 4 fully saturated rings. The lowest BCUT2D eigenvalue weighted by Crippen LogP contribution is -2.60. The first-order valence-corrected chi connectivity index (χ1v) is 28.3. The molecule has 1 spiro atoms. The third kappa shape index (κ3) is 10.7. The molecule has 2 aromatic heterocycles. The van der Waals surface area contributed by atoms with E-state index in [0.717, 1.165) is 108 Å². The molecule has 4 N–H and O–H groups in total. The molecule has 1 atom stereocenters. The van der Waals surface area contributed by atoms with E-state index in [2.05, 4.69) is 91.0 Å². The third-order valence-electron chi connectivity index (χ3n) is 17.0. The number of benzene rings is 4. The second-order valence-corrected chi connectivity index (χ2v) is 24.2. The van der Waals surface area contributed by atoms with Gasteiger partial charge in [-0.25, -0.2) is 22.5 Å². The summed E-state index contributed by atoms with van der Waals surface area (Å²) >= 11 is 0. The summed E-state index contributed by atoms with van der Waals surface area (Å²) in [7, 11) is -4.64. The molecule has 16 nitrogen and oxygen atoms in total. The number of hydrogen-bond acceptors (Lipinski definition) is 13. The zero-order valence-electron chi connectivity index (χ0n) is 43.4. The molecule has 0 unspecified atom stereocenters. The van der Waals surface area contributed by atoms with Gasteiger partial charge in [0, 0.05) is 88.3 Å². The van der Waals surface area contributed by atoms with Crippen molar-refractivity contribution in [1.82, 2.24) is 24.5 Å². The second kappa shape index (κ2) is 20.7. The molecule has 2 aliphatic carbocycles. The van der Waals surface area contributed by atoms with Gasteiger partial charge >= 0.3 is 0 Å². The predicted octanol–water partition coefficient (Wildman–Crippen LogP) is 10.2. The maximum Gasteiger partial charge on any atom is 0.293 e. The number of piperazine rings is 1. The van der Waals surface area contributed by atoms with Crippen LogP contribution in [0.3, 0.4) is 0 Å². The Balaban J connectivity index is 0.784. The largest absolute Gasteiger partial charge is 0.493 e. The maximum atomic E-state index is 14.7. The Morgan fingerprint density at radius 1 is 1.00 bits per heavy atom. The van der Waals surface area contributed by atoms with Crippen LogP contribution in [-0.4, -0.2) is 102 Å². The van der Waals surface area contributed by atoms with Gasteiger partial charge < -0.3 is 29.8 Å². The zero-order chi connectivity index (χ0) is 52.9. The molecule has 3 aliphatic heterocycles. The van der Waals surface area contributed by atoms with Crippen molar-refractivity contribution in [2.75, 3.05) is 56.1 Å². The van der Waals surface area contributed by atoms with Crippen molar-refractivity contribution in [1.29, 1.82) is 0 Å². The highest BCUT2D eigenvalue weighted by Gasteiger charge is 2.50.